The Hall–Kier alpha value is -1.14. The third-order valence-electron chi connectivity index (χ3n) is 11.1. The van der Waals surface area contributed by atoms with Crippen molar-refractivity contribution in [1.82, 2.24) is 0 Å². The van der Waals surface area contributed by atoms with Crippen molar-refractivity contribution in [2.45, 2.75) is 179 Å². The number of fused-ring (bicyclic) bond motifs is 5. The van der Waals surface area contributed by atoms with Crippen LogP contribution in [0.15, 0.2) is 11.6 Å². The molecule has 238 valence electrons. The topological polar surface area (TPSA) is 0 Å². The first-order valence-corrected chi connectivity index (χ1v) is 18.4. The Morgan fingerprint density at radius 1 is 0.927 bits per heavy atom. The molecular formula is C41H74. The lowest BCUT2D eigenvalue weighted by Gasteiger charge is -2.53. The Bertz CT molecular complexity index is 765. The second-order valence-electron chi connectivity index (χ2n) is 13.2. The van der Waals surface area contributed by atoms with Gasteiger partial charge < -0.3 is 0 Å². The molecule has 4 aliphatic rings. The average molecular weight is 567 g/mol. The number of allylic oxidation sites excluding steroid dienone is 2. The van der Waals surface area contributed by atoms with Crippen molar-refractivity contribution in [3.63, 3.8) is 0 Å². The van der Waals surface area contributed by atoms with E-state index in [1.165, 1.54) is 103 Å². The number of hydrogen-bond acceptors (Lipinski definition) is 0. The van der Waals surface area contributed by atoms with Crippen LogP contribution in [0.25, 0.3) is 0 Å². The van der Waals surface area contributed by atoms with E-state index in [1.54, 1.807) is 6.92 Å². The van der Waals surface area contributed by atoms with Crippen LogP contribution in [0, 0.1) is 71.0 Å². The highest BCUT2D eigenvalue weighted by Gasteiger charge is 2.55. The van der Waals surface area contributed by atoms with Gasteiger partial charge in [0, 0.05) is 5.41 Å². The van der Waals surface area contributed by atoms with Crippen LogP contribution in [0.1, 0.15) is 179 Å². The summed E-state index contributed by atoms with van der Waals surface area (Å²) in [5, 5.41) is 0. The van der Waals surface area contributed by atoms with Crippen molar-refractivity contribution in [3.8, 4) is 24.7 Å². The first-order chi connectivity index (χ1) is 19.9. The molecule has 3 fully saturated rings. The second kappa shape index (κ2) is 21.5. The quantitative estimate of drug-likeness (QED) is 0.192. The van der Waals surface area contributed by atoms with Crippen molar-refractivity contribution in [2.75, 3.05) is 0 Å². The van der Waals surface area contributed by atoms with Gasteiger partial charge in [0.05, 0.1) is 0 Å². The molecule has 0 nitrogen and oxygen atoms in total. The Balaban J connectivity index is 0.00000161. The van der Waals surface area contributed by atoms with Gasteiger partial charge in [-0.1, -0.05) is 112 Å². The van der Waals surface area contributed by atoms with E-state index in [0.717, 1.165) is 35.5 Å². The summed E-state index contributed by atoms with van der Waals surface area (Å²) in [5.41, 5.74) is 2.66. The van der Waals surface area contributed by atoms with Crippen LogP contribution in [0.2, 0.25) is 0 Å². The first kappa shape index (κ1) is 39.9. The predicted octanol–water partition coefficient (Wildman–Crippen LogP) is 13.3. The minimum absolute atomic E-state index is 0.162. The molecule has 0 aromatic rings. The fraction of sp³-hybridized carbons (Fsp3) is 0.854. The molecule has 0 aromatic heterocycles. The second-order valence-corrected chi connectivity index (χ2v) is 13.2. The van der Waals surface area contributed by atoms with Gasteiger partial charge >= 0.3 is 0 Å². The van der Waals surface area contributed by atoms with Gasteiger partial charge in [-0.05, 0) is 125 Å². The molecule has 4 aliphatic carbocycles. The van der Waals surface area contributed by atoms with Gasteiger partial charge in [0.2, 0.25) is 0 Å². The molecule has 3 saturated carbocycles. The third kappa shape index (κ3) is 10.5. The average Bonchev–Trinajstić information content (AvgIpc) is 3.35. The SMILES string of the molecule is C#CC.C#CC(CCC)(CCC)CC(C)CCC1CCC2C3CC=C4CCCCC4C3CCC12C.CC.CC.CC. The molecule has 0 heterocycles. The molecule has 0 heteroatoms. The monoisotopic (exact) mass is 567 g/mol. The normalized spacial score (nSPS) is 30.0. The number of hydrogen-bond donors (Lipinski definition) is 0. The van der Waals surface area contributed by atoms with Crippen LogP contribution in [0.5, 0.6) is 0 Å². The molecule has 4 rings (SSSR count). The summed E-state index contributed by atoms with van der Waals surface area (Å²) in [7, 11) is 0. The van der Waals surface area contributed by atoms with Crippen LogP contribution in [-0.4, -0.2) is 0 Å². The summed E-state index contributed by atoms with van der Waals surface area (Å²) in [6.45, 7) is 23.5. The lowest BCUT2D eigenvalue weighted by Crippen LogP contribution is -2.45. The van der Waals surface area contributed by atoms with E-state index in [4.69, 9.17) is 6.42 Å². The van der Waals surface area contributed by atoms with Crippen molar-refractivity contribution < 1.29 is 0 Å². The fourth-order valence-electron chi connectivity index (χ4n) is 9.58. The van der Waals surface area contributed by atoms with E-state index in [-0.39, 0.29) is 5.41 Å². The van der Waals surface area contributed by atoms with Gasteiger partial charge in [0.15, 0.2) is 0 Å². The van der Waals surface area contributed by atoms with Gasteiger partial charge in [-0.3, -0.25) is 0 Å². The molecule has 0 radical (unpaired) electrons. The number of terminal acetylenes is 2. The summed E-state index contributed by atoms with van der Waals surface area (Å²) < 4.78 is 0. The van der Waals surface area contributed by atoms with Crippen molar-refractivity contribution in [1.29, 1.82) is 0 Å². The van der Waals surface area contributed by atoms with Crippen LogP contribution in [0.4, 0.5) is 0 Å². The highest BCUT2D eigenvalue weighted by molar-refractivity contribution is 5.19. The maximum Gasteiger partial charge on any atom is 0.0314 e. The zero-order valence-corrected chi connectivity index (χ0v) is 30.0. The maximum atomic E-state index is 6.11. The minimum atomic E-state index is 0.162. The molecule has 0 saturated heterocycles. The van der Waals surface area contributed by atoms with Crippen LogP contribution in [-0.2, 0) is 0 Å². The number of rotatable bonds is 9. The minimum Gasteiger partial charge on any atom is -0.120 e. The molecule has 0 aliphatic heterocycles. The van der Waals surface area contributed by atoms with Crippen molar-refractivity contribution in [3.05, 3.63) is 11.6 Å². The van der Waals surface area contributed by atoms with E-state index in [9.17, 15) is 0 Å². The molecular weight excluding hydrogens is 492 g/mol. The van der Waals surface area contributed by atoms with E-state index in [0.29, 0.717) is 5.41 Å². The molecule has 7 atom stereocenters. The van der Waals surface area contributed by atoms with Gasteiger partial charge in [0.25, 0.3) is 0 Å². The highest BCUT2D eigenvalue weighted by Crippen LogP contribution is 2.64. The van der Waals surface area contributed by atoms with Gasteiger partial charge in [-0.25, -0.2) is 0 Å². The summed E-state index contributed by atoms with van der Waals surface area (Å²) in [5.74, 6) is 11.3. The molecule has 0 amide bonds. The molecule has 0 bridgehead atoms. The zero-order valence-electron chi connectivity index (χ0n) is 30.0. The predicted molar refractivity (Wildman–Crippen MR) is 188 cm³/mol. The summed E-state index contributed by atoms with van der Waals surface area (Å²) >= 11 is 0. The molecule has 7 unspecified atom stereocenters. The van der Waals surface area contributed by atoms with E-state index < -0.39 is 0 Å². The zero-order chi connectivity index (χ0) is 31.5. The Morgan fingerprint density at radius 2 is 1.54 bits per heavy atom. The fourth-order valence-corrected chi connectivity index (χ4v) is 9.58. The lowest BCUT2D eigenvalue weighted by molar-refractivity contribution is -0.0150. The Labute approximate surface area is 261 Å². The van der Waals surface area contributed by atoms with Crippen LogP contribution < -0.4 is 0 Å². The van der Waals surface area contributed by atoms with Gasteiger partial charge in [-0.15, -0.1) is 18.8 Å². The van der Waals surface area contributed by atoms with E-state index >= 15 is 0 Å². The highest BCUT2D eigenvalue weighted by atomic mass is 14.6. The molecule has 0 spiro atoms. The van der Waals surface area contributed by atoms with Crippen LogP contribution >= 0.6 is 0 Å². The molecule has 0 aromatic carbocycles. The van der Waals surface area contributed by atoms with Gasteiger partial charge in [0.1, 0.15) is 0 Å². The standard InChI is InChI=1S/C32H52.C3H4.3C2H6/c1-6-20-32(8-3,21-7-2)23-24(4)13-15-26-16-18-30-29-17-14-25-11-9-10-12-27(25)28(29)19-22-31(26,30)5;1-3-2;3*1-2/h3,14,24,26-30H,6-7,9-13,15-23H2,1-2,4-5H3;1H,2H3;3*1-2H3. The molecule has 41 heavy (non-hydrogen) atoms. The maximum absolute atomic E-state index is 6.11. The Kier molecular flexibility index (Phi) is 20.9. The lowest BCUT2D eigenvalue weighted by atomic mass is 9.51. The summed E-state index contributed by atoms with van der Waals surface area (Å²) in [4.78, 5) is 0. The third-order valence-corrected chi connectivity index (χ3v) is 11.1. The van der Waals surface area contributed by atoms with Crippen molar-refractivity contribution in [2.24, 2.45) is 46.3 Å². The largest absolute Gasteiger partial charge is 0.120 e. The van der Waals surface area contributed by atoms with Crippen molar-refractivity contribution >= 4 is 0 Å². The van der Waals surface area contributed by atoms with Crippen LogP contribution in [0.3, 0.4) is 0 Å². The van der Waals surface area contributed by atoms with Gasteiger partial charge in [-0.2, -0.15) is 0 Å². The summed E-state index contributed by atoms with van der Waals surface area (Å²) in [6, 6.07) is 0. The van der Waals surface area contributed by atoms with E-state index in [2.05, 4.69) is 52.0 Å². The summed E-state index contributed by atoms with van der Waals surface area (Å²) in [6.07, 6.45) is 35.8. The first-order valence-electron chi connectivity index (χ1n) is 18.4. The smallest absolute Gasteiger partial charge is 0.0314 e. The molecule has 0 N–H and O–H groups in total. The Morgan fingerprint density at radius 3 is 2.10 bits per heavy atom. The van der Waals surface area contributed by atoms with E-state index in [1.807, 2.05) is 47.1 Å².